The topological polar surface area (TPSA) is 108 Å². The van der Waals surface area contributed by atoms with E-state index in [1.807, 2.05) is 6.07 Å². The van der Waals surface area contributed by atoms with Crippen LogP contribution < -0.4 is 4.90 Å². The average Bonchev–Trinajstić information content (AvgIpc) is 2.68. The first kappa shape index (κ1) is 19.1. The van der Waals surface area contributed by atoms with Crippen molar-refractivity contribution in [2.75, 3.05) is 31.1 Å². The fraction of sp³-hybridized carbons (Fsp3) is 0.235. The number of piperazine rings is 1. The minimum Gasteiger partial charge on any atom is -0.363 e. The SMILES string of the molecule is N#Cc1ccccc1S(=O)(=O)N1CCN(c2ccc(Cl)cc2[N+](=O)[O-])CC1. The van der Waals surface area contributed by atoms with E-state index in [1.165, 1.54) is 22.5 Å². The Morgan fingerprint density at radius 2 is 1.78 bits per heavy atom. The Labute approximate surface area is 161 Å². The van der Waals surface area contributed by atoms with Crippen LogP contribution in [0.5, 0.6) is 0 Å². The molecule has 1 saturated heterocycles. The number of nitro groups is 1. The summed E-state index contributed by atoms with van der Waals surface area (Å²) in [5.74, 6) is 0. The maximum Gasteiger partial charge on any atom is 0.294 e. The molecule has 8 nitrogen and oxygen atoms in total. The van der Waals surface area contributed by atoms with E-state index in [4.69, 9.17) is 16.9 Å². The number of benzene rings is 2. The van der Waals surface area contributed by atoms with Gasteiger partial charge in [-0.1, -0.05) is 23.7 Å². The molecule has 0 aromatic heterocycles. The number of halogens is 1. The summed E-state index contributed by atoms with van der Waals surface area (Å²) in [7, 11) is -3.81. The average molecular weight is 407 g/mol. The van der Waals surface area contributed by atoms with Crippen molar-refractivity contribution >= 4 is 33.0 Å². The molecule has 1 aliphatic rings. The molecule has 2 aromatic rings. The van der Waals surface area contributed by atoms with Crippen LogP contribution in [0, 0.1) is 21.4 Å². The van der Waals surface area contributed by atoms with Crippen molar-refractivity contribution in [3.8, 4) is 6.07 Å². The molecule has 140 valence electrons. The smallest absolute Gasteiger partial charge is 0.294 e. The van der Waals surface area contributed by atoms with Crippen LogP contribution in [-0.4, -0.2) is 43.8 Å². The van der Waals surface area contributed by atoms with Gasteiger partial charge in [0.05, 0.1) is 15.4 Å². The van der Waals surface area contributed by atoms with Crippen LogP contribution in [0.1, 0.15) is 5.56 Å². The van der Waals surface area contributed by atoms with Crippen LogP contribution in [0.25, 0.3) is 0 Å². The number of nitriles is 1. The lowest BCUT2D eigenvalue weighted by Crippen LogP contribution is -2.48. The molecular weight excluding hydrogens is 392 g/mol. The Morgan fingerprint density at radius 3 is 2.41 bits per heavy atom. The van der Waals surface area contributed by atoms with E-state index in [0.717, 1.165) is 0 Å². The molecule has 0 spiro atoms. The Kier molecular flexibility index (Phi) is 5.32. The van der Waals surface area contributed by atoms with Gasteiger partial charge in [-0.2, -0.15) is 9.57 Å². The first-order valence-corrected chi connectivity index (χ1v) is 9.84. The molecule has 1 heterocycles. The maximum absolute atomic E-state index is 12.9. The number of hydrogen-bond donors (Lipinski definition) is 0. The molecule has 0 atom stereocenters. The van der Waals surface area contributed by atoms with Crippen LogP contribution in [-0.2, 0) is 10.0 Å². The van der Waals surface area contributed by atoms with E-state index in [0.29, 0.717) is 5.69 Å². The quantitative estimate of drug-likeness (QED) is 0.570. The van der Waals surface area contributed by atoms with Crippen LogP contribution >= 0.6 is 11.6 Å². The second-order valence-corrected chi connectivity index (χ2v) is 8.23. The summed E-state index contributed by atoms with van der Waals surface area (Å²) in [6, 6.07) is 12.4. The maximum atomic E-state index is 12.9. The van der Waals surface area contributed by atoms with Gasteiger partial charge in [0.25, 0.3) is 5.69 Å². The standard InChI is InChI=1S/C17H15ClN4O4S/c18-14-5-6-15(16(11-14)22(23)24)20-7-9-21(10-8-20)27(25,26)17-4-2-1-3-13(17)12-19/h1-6,11H,7-10H2. The van der Waals surface area contributed by atoms with Crippen LogP contribution in [0.2, 0.25) is 5.02 Å². The zero-order chi connectivity index (χ0) is 19.6. The van der Waals surface area contributed by atoms with E-state index in [-0.39, 0.29) is 47.3 Å². The fourth-order valence-electron chi connectivity index (χ4n) is 3.00. The fourth-order valence-corrected chi connectivity index (χ4v) is 4.73. The first-order chi connectivity index (χ1) is 12.8. The zero-order valence-corrected chi connectivity index (χ0v) is 15.7. The molecule has 0 bridgehead atoms. The van der Waals surface area contributed by atoms with E-state index in [2.05, 4.69) is 0 Å². The Balaban J connectivity index is 1.82. The lowest BCUT2D eigenvalue weighted by atomic mass is 10.2. The second-order valence-electron chi connectivity index (χ2n) is 5.89. The predicted molar refractivity (Wildman–Crippen MR) is 100 cm³/mol. The summed E-state index contributed by atoms with van der Waals surface area (Å²) >= 11 is 5.84. The molecule has 3 rings (SSSR count). The number of nitrogens with zero attached hydrogens (tertiary/aromatic N) is 4. The molecule has 2 aromatic carbocycles. The van der Waals surface area contributed by atoms with Crippen molar-refractivity contribution in [2.24, 2.45) is 0 Å². The largest absolute Gasteiger partial charge is 0.363 e. The van der Waals surface area contributed by atoms with E-state index < -0.39 is 14.9 Å². The van der Waals surface area contributed by atoms with Crippen LogP contribution in [0.4, 0.5) is 11.4 Å². The van der Waals surface area contributed by atoms with Crippen molar-refractivity contribution in [1.82, 2.24) is 4.31 Å². The molecule has 1 fully saturated rings. The number of anilines is 1. The van der Waals surface area contributed by atoms with Gasteiger partial charge in [0.2, 0.25) is 10.0 Å². The minimum absolute atomic E-state index is 0.0292. The predicted octanol–water partition coefficient (Wildman–Crippen LogP) is 2.63. The van der Waals surface area contributed by atoms with Crippen molar-refractivity contribution < 1.29 is 13.3 Å². The van der Waals surface area contributed by atoms with Gasteiger partial charge in [-0.05, 0) is 24.3 Å². The summed E-state index contributed by atoms with van der Waals surface area (Å²) in [4.78, 5) is 12.5. The molecule has 0 aliphatic carbocycles. The number of hydrogen-bond acceptors (Lipinski definition) is 6. The Bertz CT molecular complexity index is 1030. The van der Waals surface area contributed by atoms with Gasteiger partial charge in [-0.15, -0.1) is 0 Å². The highest BCUT2D eigenvalue weighted by Crippen LogP contribution is 2.32. The highest BCUT2D eigenvalue weighted by molar-refractivity contribution is 7.89. The highest BCUT2D eigenvalue weighted by Gasteiger charge is 2.32. The van der Waals surface area contributed by atoms with E-state index >= 15 is 0 Å². The molecule has 0 saturated carbocycles. The Hall–Kier alpha value is -2.67. The van der Waals surface area contributed by atoms with E-state index in [1.54, 1.807) is 29.2 Å². The number of nitro benzene ring substituents is 1. The molecule has 0 N–H and O–H groups in total. The van der Waals surface area contributed by atoms with Crippen LogP contribution in [0.3, 0.4) is 0 Å². The summed E-state index contributed by atoms with van der Waals surface area (Å²) in [6.45, 7) is 0.886. The first-order valence-electron chi connectivity index (χ1n) is 8.03. The molecule has 0 unspecified atom stereocenters. The normalized spacial score (nSPS) is 15.3. The van der Waals surface area contributed by atoms with Gasteiger partial charge in [0.1, 0.15) is 11.8 Å². The van der Waals surface area contributed by atoms with Crippen molar-refractivity contribution in [1.29, 1.82) is 5.26 Å². The van der Waals surface area contributed by atoms with E-state index in [9.17, 15) is 18.5 Å². The van der Waals surface area contributed by atoms with Gasteiger partial charge in [-0.25, -0.2) is 8.42 Å². The lowest BCUT2D eigenvalue weighted by Gasteiger charge is -2.35. The lowest BCUT2D eigenvalue weighted by molar-refractivity contribution is -0.384. The third-order valence-electron chi connectivity index (χ3n) is 4.34. The summed E-state index contributed by atoms with van der Waals surface area (Å²) in [5, 5.41) is 20.7. The van der Waals surface area contributed by atoms with Gasteiger partial charge < -0.3 is 4.90 Å². The molecule has 1 aliphatic heterocycles. The van der Waals surface area contributed by atoms with Gasteiger partial charge in [-0.3, -0.25) is 10.1 Å². The molecule has 0 amide bonds. The van der Waals surface area contributed by atoms with Crippen molar-refractivity contribution in [3.63, 3.8) is 0 Å². The molecule has 10 heteroatoms. The second kappa shape index (κ2) is 7.52. The molecule has 0 radical (unpaired) electrons. The highest BCUT2D eigenvalue weighted by atomic mass is 35.5. The van der Waals surface area contributed by atoms with Crippen LogP contribution in [0.15, 0.2) is 47.4 Å². The van der Waals surface area contributed by atoms with Crippen molar-refractivity contribution in [3.05, 3.63) is 63.2 Å². The van der Waals surface area contributed by atoms with Gasteiger partial charge >= 0.3 is 0 Å². The molecule has 27 heavy (non-hydrogen) atoms. The van der Waals surface area contributed by atoms with Gasteiger partial charge in [0.15, 0.2) is 0 Å². The third kappa shape index (κ3) is 3.73. The third-order valence-corrected chi connectivity index (χ3v) is 6.53. The minimum atomic E-state index is -3.81. The Morgan fingerprint density at radius 1 is 1.11 bits per heavy atom. The number of sulfonamides is 1. The number of rotatable bonds is 4. The van der Waals surface area contributed by atoms with Gasteiger partial charge in [0, 0.05) is 37.3 Å². The summed E-state index contributed by atoms with van der Waals surface area (Å²) in [6.07, 6.45) is 0. The van der Waals surface area contributed by atoms with Crippen molar-refractivity contribution in [2.45, 2.75) is 4.90 Å². The monoisotopic (exact) mass is 406 g/mol. The zero-order valence-electron chi connectivity index (χ0n) is 14.1. The summed E-state index contributed by atoms with van der Waals surface area (Å²) in [5.41, 5.74) is 0.376. The summed E-state index contributed by atoms with van der Waals surface area (Å²) < 4.78 is 27.0. The molecular formula is C17H15ClN4O4S.